The first-order valence-electron chi connectivity index (χ1n) is 7.56. The second kappa shape index (κ2) is 11.0. The quantitative estimate of drug-likeness (QED) is 0.230. The average molecular weight is 475 g/mol. The molecule has 0 aliphatic rings. The maximum atomic E-state index is 12.0. The van der Waals surface area contributed by atoms with Crippen LogP contribution in [-0.2, 0) is 16.4 Å². The van der Waals surface area contributed by atoms with E-state index in [0.717, 1.165) is 12.1 Å². The number of nitrogens with zero attached hydrogens (tertiary/aromatic N) is 2. The van der Waals surface area contributed by atoms with E-state index in [1.54, 1.807) is 36.5 Å². The highest BCUT2D eigenvalue weighted by Crippen LogP contribution is 2.06. The molecule has 136 valence electrons. The molecular formula is C16H22IN5O2S. The highest BCUT2D eigenvalue weighted by atomic mass is 127. The molecule has 0 atom stereocenters. The van der Waals surface area contributed by atoms with Crippen LogP contribution in [0.3, 0.4) is 0 Å². The molecule has 0 saturated carbocycles. The van der Waals surface area contributed by atoms with Crippen LogP contribution in [0.25, 0.3) is 0 Å². The van der Waals surface area contributed by atoms with Gasteiger partial charge in [-0.05, 0) is 24.3 Å². The average Bonchev–Trinajstić information content (AvgIpc) is 2.60. The van der Waals surface area contributed by atoms with Gasteiger partial charge in [0.1, 0.15) is 0 Å². The molecule has 0 aliphatic carbocycles. The maximum Gasteiger partial charge on any atom is 0.240 e. The Kier molecular flexibility index (Phi) is 9.39. The standard InChI is InChI=1S/C16H21N5O2S.HI/c17-16(19-11-9-14-6-4-5-10-18-14)20-12-13-21-24(22,23)15-7-2-1-3-8-15;/h1-8,10,21H,9,11-13H2,(H3,17,19,20);1H. The van der Waals surface area contributed by atoms with Gasteiger partial charge in [0.25, 0.3) is 0 Å². The topological polar surface area (TPSA) is 109 Å². The minimum absolute atomic E-state index is 0. The minimum Gasteiger partial charge on any atom is -0.370 e. The van der Waals surface area contributed by atoms with Crippen LogP contribution in [-0.4, -0.2) is 39.0 Å². The summed E-state index contributed by atoms with van der Waals surface area (Å²) in [6.45, 7) is 1.05. The van der Waals surface area contributed by atoms with Crippen molar-refractivity contribution in [3.63, 3.8) is 0 Å². The molecule has 0 fully saturated rings. The molecule has 1 heterocycles. The second-order valence-corrected chi connectivity index (χ2v) is 6.74. The van der Waals surface area contributed by atoms with E-state index in [4.69, 9.17) is 5.73 Å². The Morgan fingerprint density at radius 1 is 1.08 bits per heavy atom. The normalized spacial score (nSPS) is 11.6. The van der Waals surface area contributed by atoms with E-state index in [-0.39, 0.29) is 47.9 Å². The number of hydrogen-bond donors (Lipinski definition) is 3. The van der Waals surface area contributed by atoms with E-state index in [1.807, 2.05) is 18.2 Å². The zero-order valence-electron chi connectivity index (χ0n) is 13.6. The molecule has 25 heavy (non-hydrogen) atoms. The van der Waals surface area contributed by atoms with Crippen molar-refractivity contribution in [2.45, 2.75) is 11.3 Å². The number of hydrogen-bond acceptors (Lipinski definition) is 4. The number of sulfonamides is 1. The fraction of sp³-hybridized carbons (Fsp3) is 0.250. The van der Waals surface area contributed by atoms with Crippen LogP contribution in [0.1, 0.15) is 5.69 Å². The first-order valence-corrected chi connectivity index (χ1v) is 9.05. The van der Waals surface area contributed by atoms with E-state index in [2.05, 4.69) is 20.0 Å². The Bertz CT molecular complexity index is 755. The third-order valence-corrected chi connectivity index (χ3v) is 4.63. The molecule has 0 amide bonds. The number of aliphatic imine (C=N–C) groups is 1. The van der Waals surface area contributed by atoms with Gasteiger partial charge >= 0.3 is 0 Å². The third kappa shape index (κ3) is 7.80. The van der Waals surface area contributed by atoms with E-state index in [0.29, 0.717) is 6.54 Å². The minimum atomic E-state index is -3.50. The van der Waals surface area contributed by atoms with Crippen molar-refractivity contribution in [3.05, 3.63) is 60.4 Å². The number of nitrogens with two attached hydrogens (primary N) is 1. The lowest BCUT2D eigenvalue weighted by Gasteiger charge is -2.07. The van der Waals surface area contributed by atoms with Gasteiger partial charge in [0, 0.05) is 31.4 Å². The van der Waals surface area contributed by atoms with E-state index in [9.17, 15) is 8.42 Å². The zero-order chi connectivity index (χ0) is 17.3. The predicted octanol–water partition coefficient (Wildman–Crippen LogP) is 1.12. The van der Waals surface area contributed by atoms with Crippen LogP contribution in [0.2, 0.25) is 0 Å². The van der Waals surface area contributed by atoms with Crippen molar-refractivity contribution in [3.8, 4) is 0 Å². The summed E-state index contributed by atoms with van der Waals surface area (Å²) >= 11 is 0. The van der Waals surface area contributed by atoms with Crippen molar-refractivity contribution >= 4 is 40.0 Å². The fourth-order valence-electron chi connectivity index (χ4n) is 1.96. The van der Waals surface area contributed by atoms with Gasteiger partial charge in [0.15, 0.2) is 5.96 Å². The highest BCUT2D eigenvalue weighted by Gasteiger charge is 2.11. The van der Waals surface area contributed by atoms with Gasteiger partial charge in [0.2, 0.25) is 10.0 Å². The van der Waals surface area contributed by atoms with Crippen molar-refractivity contribution in [1.82, 2.24) is 15.0 Å². The van der Waals surface area contributed by atoms with Gasteiger partial charge in [-0.3, -0.25) is 9.98 Å². The summed E-state index contributed by atoms with van der Waals surface area (Å²) in [5.41, 5.74) is 6.71. The third-order valence-electron chi connectivity index (χ3n) is 3.15. The Balaban J connectivity index is 0.00000312. The largest absolute Gasteiger partial charge is 0.370 e. The van der Waals surface area contributed by atoms with Gasteiger partial charge in [0.05, 0.1) is 11.4 Å². The SMILES string of the molecule is I.NC(=NCCNS(=O)(=O)c1ccccc1)NCCc1ccccn1. The Morgan fingerprint density at radius 3 is 2.48 bits per heavy atom. The summed E-state index contributed by atoms with van der Waals surface area (Å²) in [4.78, 5) is 8.53. The van der Waals surface area contributed by atoms with Gasteiger partial charge in [-0.15, -0.1) is 24.0 Å². The van der Waals surface area contributed by atoms with Crippen LogP contribution < -0.4 is 15.8 Å². The molecule has 2 aromatic rings. The number of guanidine groups is 1. The fourth-order valence-corrected chi connectivity index (χ4v) is 3.00. The molecule has 0 bridgehead atoms. The van der Waals surface area contributed by atoms with Crippen LogP contribution in [0.5, 0.6) is 0 Å². The number of nitrogens with one attached hydrogen (secondary N) is 2. The lowest BCUT2D eigenvalue weighted by atomic mass is 10.3. The lowest BCUT2D eigenvalue weighted by Crippen LogP contribution is -2.34. The molecule has 0 spiro atoms. The van der Waals surface area contributed by atoms with Crippen LogP contribution >= 0.6 is 24.0 Å². The molecular weight excluding hydrogens is 453 g/mol. The lowest BCUT2D eigenvalue weighted by molar-refractivity contribution is 0.582. The smallest absolute Gasteiger partial charge is 0.240 e. The predicted molar refractivity (Wildman–Crippen MR) is 109 cm³/mol. The molecule has 7 nitrogen and oxygen atoms in total. The molecule has 1 aromatic carbocycles. The molecule has 0 unspecified atom stereocenters. The van der Waals surface area contributed by atoms with Gasteiger partial charge in [-0.1, -0.05) is 24.3 Å². The maximum absolute atomic E-state index is 12.0. The number of benzene rings is 1. The summed E-state index contributed by atoms with van der Waals surface area (Å²) in [5.74, 6) is 0.282. The van der Waals surface area contributed by atoms with Crippen molar-refractivity contribution < 1.29 is 8.42 Å². The highest BCUT2D eigenvalue weighted by molar-refractivity contribution is 14.0. The molecule has 2 rings (SSSR count). The van der Waals surface area contributed by atoms with Crippen molar-refractivity contribution in [2.75, 3.05) is 19.6 Å². The zero-order valence-corrected chi connectivity index (χ0v) is 16.8. The summed E-state index contributed by atoms with van der Waals surface area (Å²) in [6.07, 6.45) is 2.48. The summed E-state index contributed by atoms with van der Waals surface area (Å²) in [6, 6.07) is 13.9. The first kappa shape index (κ1) is 21.3. The number of rotatable bonds is 8. The molecule has 0 aliphatic heterocycles. The van der Waals surface area contributed by atoms with E-state index >= 15 is 0 Å². The van der Waals surface area contributed by atoms with Gasteiger partial charge in [-0.25, -0.2) is 13.1 Å². The molecule has 1 aromatic heterocycles. The number of aromatic nitrogens is 1. The van der Waals surface area contributed by atoms with Gasteiger partial charge < -0.3 is 11.1 Å². The number of halogens is 1. The van der Waals surface area contributed by atoms with Crippen molar-refractivity contribution in [2.24, 2.45) is 10.7 Å². The Labute approximate surface area is 165 Å². The first-order chi connectivity index (χ1) is 11.6. The van der Waals surface area contributed by atoms with E-state index < -0.39 is 10.0 Å². The van der Waals surface area contributed by atoms with Crippen molar-refractivity contribution in [1.29, 1.82) is 0 Å². The van der Waals surface area contributed by atoms with Crippen LogP contribution in [0.15, 0.2) is 64.6 Å². The molecule has 4 N–H and O–H groups in total. The van der Waals surface area contributed by atoms with E-state index in [1.165, 1.54) is 0 Å². The van der Waals surface area contributed by atoms with Gasteiger partial charge in [-0.2, -0.15) is 0 Å². The number of pyridine rings is 1. The van der Waals surface area contributed by atoms with Crippen LogP contribution in [0.4, 0.5) is 0 Å². The Hall–Kier alpha value is -1.72. The molecule has 0 radical (unpaired) electrons. The summed E-state index contributed by atoms with van der Waals surface area (Å²) in [7, 11) is -3.50. The molecule has 9 heteroatoms. The van der Waals surface area contributed by atoms with Crippen LogP contribution in [0, 0.1) is 0 Å². The monoisotopic (exact) mass is 475 g/mol. The molecule has 0 saturated heterocycles. The summed E-state index contributed by atoms with van der Waals surface area (Å²) < 4.78 is 26.5. The Morgan fingerprint density at radius 2 is 1.80 bits per heavy atom. The second-order valence-electron chi connectivity index (χ2n) is 4.98. The summed E-state index contributed by atoms with van der Waals surface area (Å²) in [5, 5.41) is 2.97.